The van der Waals surface area contributed by atoms with E-state index in [9.17, 15) is 9.59 Å². The van der Waals surface area contributed by atoms with Crippen molar-refractivity contribution in [2.75, 3.05) is 14.2 Å². The molecule has 0 bridgehead atoms. The monoisotopic (exact) mass is 310 g/mol. The molecule has 2 N–H and O–H groups in total. The summed E-state index contributed by atoms with van der Waals surface area (Å²) in [6, 6.07) is 7.32. The Morgan fingerprint density at radius 2 is 1.95 bits per heavy atom. The molecule has 0 radical (unpaired) electrons. The minimum Gasteiger partial charge on any atom is -0.369 e. The molecular weight excluding hydrogens is 292 g/mol. The van der Waals surface area contributed by atoms with Crippen molar-refractivity contribution in [1.29, 1.82) is 0 Å². The lowest BCUT2D eigenvalue weighted by molar-refractivity contribution is -0.181. The standard InChI is InChI=1S/C15H19ClN2O3/c1-18(21-2)13(19)11-8-15(9-11,14(17)20)7-10-3-5-12(16)6-4-10/h3-6,11H,7-9H2,1-2H3,(H2,17,20). The molecule has 0 heterocycles. The minimum atomic E-state index is -0.650. The normalized spacial score (nSPS) is 24.2. The highest BCUT2D eigenvalue weighted by Crippen LogP contribution is 2.48. The molecule has 1 aromatic carbocycles. The van der Waals surface area contributed by atoms with Gasteiger partial charge in [-0.2, -0.15) is 0 Å². The summed E-state index contributed by atoms with van der Waals surface area (Å²) in [5, 5.41) is 1.84. The predicted molar refractivity (Wildman–Crippen MR) is 79.3 cm³/mol. The van der Waals surface area contributed by atoms with E-state index in [1.807, 2.05) is 12.1 Å². The summed E-state index contributed by atoms with van der Waals surface area (Å²) < 4.78 is 0. The first-order valence-electron chi connectivity index (χ1n) is 6.74. The van der Waals surface area contributed by atoms with Crippen molar-refractivity contribution in [3.63, 3.8) is 0 Å². The number of nitrogens with two attached hydrogens (primary N) is 1. The third-order valence-corrected chi connectivity index (χ3v) is 4.44. The zero-order chi connectivity index (χ0) is 15.6. The summed E-state index contributed by atoms with van der Waals surface area (Å²) in [6.07, 6.45) is 1.44. The molecule has 0 aliphatic heterocycles. The van der Waals surface area contributed by atoms with Gasteiger partial charge in [0.15, 0.2) is 0 Å². The van der Waals surface area contributed by atoms with Crippen LogP contribution >= 0.6 is 11.6 Å². The fraction of sp³-hybridized carbons (Fsp3) is 0.467. The van der Waals surface area contributed by atoms with E-state index in [2.05, 4.69) is 0 Å². The summed E-state index contributed by atoms with van der Waals surface area (Å²) in [5.74, 6) is -0.693. The molecule has 0 unspecified atom stereocenters. The van der Waals surface area contributed by atoms with Crippen LogP contribution in [0, 0.1) is 11.3 Å². The van der Waals surface area contributed by atoms with Crippen LogP contribution in [0.25, 0.3) is 0 Å². The Balaban J connectivity index is 2.06. The van der Waals surface area contributed by atoms with Crippen LogP contribution in [0.5, 0.6) is 0 Å². The first-order chi connectivity index (χ1) is 9.88. The quantitative estimate of drug-likeness (QED) is 0.843. The van der Waals surface area contributed by atoms with Gasteiger partial charge in [-0.15, -0.1) is 0 Å². The molecule has 1 fully saturated rings. The number of amides is 2. The highest BCUT2D eigenvalue weighted by atomic mass is 35.5. The van der Waals surface area contributed by atoms with Gasteiger partial charge < -0.3 is 5.73 Å². The number of primary amides is 1. The molecule has 2 rings (SSSR count). The van der Waals surface area contributed by atoms with E-state index in [0.29, 0.717) is 24.3 Å². The molecule has 1 aliphatic carbocycles. The second-order valence-corrected chi connectivity index (χ2v) is 6.01. The van der Waals surface area contributed by atoms with Gasteiger partial charge in [0.25, 0.3) is 0 Å². The lowest BCUT2D eigenvalue weighted by atomic mass is 9.58. The average Bonchev–Trinajstić information content (AvgIpc) is 2.42. The minimum absolute atomic E-state index is 0.120. The van der Waals surface area contributed by atoms with Gasteiger partial charge in [0.1, 0.15) is 0 Å². The SMILES string of the molecule is CON(C)C(=O)C1CC(Cc2ccc(Cl)cc2)(C(N)=O)C1. The molecule has 1 saturated carbocycles. The van der Waals surface area contributed by atoms with E-state index in [1.54, 1.807) is 19.2 Å². The Morgan fingerprint density at radius 3 is 2.43 bits per heavy atom. The maximum Gasteiger partial charge on any atom is 0.249 e. The van der Waals surface area contributed by atoms with Gasteiger partial charge in [-0.3, -0.25) is 14.4 Å². The maximum absolute atomic E-state index is 12.0. The molecule has 0 saturated heterocycles. The summed E-state index contributed by atoms with van der Waals surface area (Å²) in [4.78, 5) is 28.7. The van der Waals surface area contributed by atoms with Crippen molar-refractivity contribution in [3.8, 4) is 0 Å². The van der Waals surface area contributed by atoms with E-state index in [4.69, 9.17) is 22.2 Å². The zero-order valence-corrected chi connectivity index (χ0v) is 12.9. The Bertz CT molecular complexity index is 538. The number of nitrogens with zero attached hydrogens (tertiary/aromatic N) is 1. The smallest absolute Gasteiger partial charge is 0.249 e. The van der Waals surface area contributed by atoms with Crippen molar-refractivity contribution in [2.45, 2.75) is 19.3 Å². The van der Waals surface area contributed by atoms with Crippen LogP contribution in [0.3, 0.4) is 0 Å². The molecule has 0 atom stereocenters. The molecule has 2 amide bonds. The van der Waals surface area contributed by atoms with Gasteiger partial charge in [-0.1, -0.05) is 23.7 Å². The zero-order valence-electron chi connectivity index (χ0n) is 12.1. The van der Waals surface area contributed by atoms with Crippen LogP contribution in [0.1, 0.15) is 18.4 Å². The van der Waals surface area contributed by atoms with Gasteiger partial charge in [0, 0.05) is 18.0 Å². The van der Waals surface area contributed by atoms with Gasteiger partial charge in [0.05, 0.1) is 12.5 Å². The number of halogens is 1. The van der Waals surface area contributed by atoms with Crippen LogP contribution in [0.2, 0.25) is 5.02 Å². The van der Waals surface area contributed by atoms with Gasteiger partial charge in [0.2, 0.25) is 11.8 Å². The van der Waals surface area contributed by atoms with E-state index in [1.165, 1.54) is 12.2 Å². The summed E-state index contributed by atoms with van der Waals surface area (Å²) in [6.45, 7) is 0. The van der Waals surface area contributed by atoms with E-state index in [-0.39, 0.29) is 17.7 Å². The average molecular weight is 311 g/mol. The Hall–Kier alpha value is -1.59. The Morgan fingerprint density at radius 1 is 1.38 bits per heavy atom. The first-order valence-corrected chi connectivity index (χ1v) is 7.12. The number of rotatable bonds is 5. The third kappa shape index (κ3) is 3.19. The second-order valence-electron chi connectivity index (χ2n) is 5.57. The molecule has 0 aromatic heterocycles. The van der Waals surface area contributed by atoms with Gasteiger partial charge in [-0.25, -0.2) is 5.06 Å². The number of hydrogen-bond acceptors (Lipinski definition) is 3. The fourth-order valence-electron chi connectivity index (χ4n) is 2.83. The largest absolute Gasteiger partial charge is 0.369 e. The lowest BCUT2D eigenvalue weighted by Crippen LogP contribution is -2.53. The van der Waals surface area contributed by atoms with Crippen molar-refractivity contribution in [1.82, 2.24) is 5.06 Å². The van der Waals surface area contributed by atoms with Crippen LogP contribution in [-0.2, 0) is 20.8 Å². The second kappa shape index (κ2) is 6.03. The molecule has 114 valence electrons. The van der Waals surface area contributed by atoms with Crippen molar-refractivity contribution in [2.24, 2.45) is 17.1 Å². The summed E-state index contributed by atoms with van der Waals surface area (Å²) in [7, 11) is 3.00. The van der Waals surface area contributed by atoms with E-state index < -0.39 is 5.41 Å². The predicted octanol–water partition coefficient (Wildman–Crippen LogP) is 1.78. The van der Waals surface area contributed by atoms with Gasteiger partial charge in [-0.05, 0) is 37.0 Å². The highest BCUT2D eigenvalue weighted by molar-refractivity contribution is 6.30. The molecule has 1 aromatic rings. The topological polar surface area (TPSA) is 72.6 Å². The number of hydroxylamine groups is 2. The van der Waals surface area contributed by atoms with Crippen LogP contribution in [-0.4, -0.2) is 31.0 Å². The Kier molecular flexibility index (Phi) is 4.54. The van der Waals surface area contributed by atoms with E-state index >= 15 is 0 Å². The van der Waals surface area contributed by atoms with Crippen LogP contribution < -0.4 is 5.73 Å². The first kappa shape index (κ1) is 15.8. The van der Waals surface area contributed by atoms with Gasteiger partial charge >= 0.3 is 0 Å². The molecule has 6 heteroatoms. The van der Waals surface area contributed by atoms with Crippen molar-refractivity contribution < 1.29 is 14.4 Å². The molecule has 1 aliphatic rings. The number of hydrogen-bond donors (Lipinski definition) is 1. The fourth-order valence-corrected chi connectivity index (χ4v) is 2.96. The third-order valence-electron chi connectivity index (χ3n) is 4.19. The Labute approximate surface area is 129 Å². The lowest BCUT2D eigenvalue weighted by Gasteiger charge is -2.45. The number of carbonyl (C=O) groups is 2. The maximum atomic E-state index is 12.0. The van der Waals surface area contributed by atoms with Crippen LogP contribution in [0.4, 0.5) is 0 Å². The number of benzene rings is 1. The van der Waals surface area contributed by atoms with E-state index in [0.717, 1.165) is 5.56 Å². The van der Waals surface area contributed by atoms with Crippen molar-refractivity contribution in [3.05, 3.63) is 34.9 Å². The molecule has 0 spiro atoms. The molecule has 5 nitrogen and oxygen atoms in total. The van der Waals surface area contributed by atoms with Crippen molar-refractivity contribution >= 4 is 23.4 Å². The number of carbonyl (C=O) groups excluding carboxylic acids is 2. The van der Waals surface area contributed by atoms with Crippen LogP contribution in [0.15, 0.2) is 24.3 Å². The summed E-state index contributed by atoms with van der Waals surface area (Å²) in [5.41, 5.74) is 5.90. The molecular formula is C15H19ClN2O3. The summed E-state index contributed by atoms with van der Waals surface area (Å²) >= 11 is 5.85. The highest BCUT2D eigenvalue weighted by Gasteiger charge is 2.52. The molecule has 21 heavy (non-hydrogen) atoms.